The minimum atomic E-state index is -4.49. The number of carbonyl (C=O) groups is 2. The van der Waals surface area contributed by atoms with Crippen LogP contribution in [0.3, 0.4) is 0 Å². The number of nitrogens with one attached hydrogen (secondary N) is 2. The molecule has 0 fully saturated rings. The minimum Gasteiger partial charge on any atom is -0.322 e. The third kappa shape index (κ3) is 4.93. The lowest BCUT2D eigenvalue weighted by Gasteiger charge is -2.10. The van der Waals surface area contributed by atoms with Crippen molar-refractivity contribution in [3.63, 3.8) is 0 Å². The van der Waals surface area contributed by atoms with Crippen LogP contribution in [0.15, 0.2) is 66.3 Å². The molecule has 0 aliphatic heterocycles. The van der Waals surface area contributed by atoms with Gasteiger partial charge in [-0.2, -0.15) is 18.3 Å². The van der Waals surface area contributed by atoms with E-state index < -0.39 is 17.6 Å². The first-order valence-corrected chi connectivity index (χ1v) is 10.4. The number of hydrogen-bond donors (Lipinski definition) is 2. The molecule has 0 saturated heterocycles. The summed E-state index contributed by atoms with van der Waals surface area (Å²) in [6.07, 6.45) is -1.61. The molecule has 2 amide bonds. The Morgan fingerprint density at radius 2 is 1.79 bits per heavy atom. The van der Waals surface area contributed by atoms with Crippen LogP contribution in [0.2, 0.25) is 0 Å². The van der Waals surface area contributed by atoms with Crippen LogP contribution in [-0.4, -0.2) is 26.6 Å². The Morgan fingerprint density at radius 3 is 2.45 bits per heavy atom. The summed E-state index contributed by atoms with van der Waals surface area (Å²) < 4.78 is 40.3. The zero-order valence-electron chi connectivity index (χ0n) is 17.1. The van der Waals surface area contributed by atoms with Crippen molar-refractivity contribution in [1.82, 2.24) is 14.8 Å². The summed E-state index contributed by atoms with van der Waals surface area (Å²) >= 11 is 1.30. The van der Waals surface area contributed by atoms with Crippen molar-refractivity contribution in [2.24, 2.45) is 0 Å². The molecular weight excluding hydrogens is 455 g/mol. The first-order chi connectivity index (χ1) is 15.7. The van der Waals surface area contributed by atoms with Gasteiger partial charge in [-0.3, -0.25) is 14.9 Å². The fourth-order valence-corrected chi connectivity index (χ4v) is 3.59. The molecule has 2 aromatic heterocycles. The van der Waals surface area contributed by atoms with Crippen LogP contribution < -0.4 is 10.6 Å². The van der Waals surface area contributed by atoms with E-state index in [0.717, 1.165) is 12.1 Å². The van der Waals surface area contributed by atoms with Crippen LogP contribution in [0.4, 0.5) is 24.0 Å². The van der Waals surface area contributed by atoms with Crippen LogP contribution >= 0.6 is 11.3 Å². The SMILES string of the molecule is Cc1c(C(=O)Nc2ccc(C(=O)Nc3nccs3)cc2)cnn1-c1cccc(C(F)(F)F)c1. The maximum Gasteiger partial charge on any atom is 0.416 e. The van der Waals surface area contributed by atoms with Crippen LogP contribution in [0.1, 0.15) is 32.0 Å². The van der Waals surface area contributed by atoms with Gasteiger partial charge in [-0.1, -0.05) is 6.07 Å². The number of halogens is 3. The highest BCUT2D eigenvalue weighted by molar-refractivity contribution is 7.13. The summed E-state index contributed by atoms with van der Waals surface area (Å²) in [5.41, 5.74) is 0.801. The zero-order valence-corrected chi connectivity index (χ0v) is 17.9. The standard InChI is InChI=1S/C22H16F3N5O2S/c1-13-18(12-27-30(13)17-4-2-3-15(11-17)22(23,24)25)20(32)28-16-7-5-14(6-8-16)19(31)29-21-26-9-10-33-21/h2-12H,1H3,(H,28,32)(H,26,29,31). The van der Waals surface area contributed by atoms with Crippen molar-refractivity contribution in [2.75, 3.05) is 10.6 Å². The molecule has 11 heteroatoms. The molecule has 33 heavy (non-hydrogen) atoms. The lowest BCUT2D eigenvalue weighted by Crippen LogP contribution is -2.14. The van der Waals surface area contributed by atoms with E-state index in [2.05, 4.69) is 20.7 Å². The van der Waals surface area contributed by atoms with Gasteiger partial charge in [0.05, 0.1) is 28.7 Å². The van der Waals surface area contributed by atoms with Gasteiger partial charge in [-0.15, -0.1) is 11.3 Å². The third-order valence-electron chi connectivity index (χ3n) is 4.73. The van der Waals surface area contributed by atoms with Crippen LogP contribution in [0.5, 0.6) is 0 Å². The summed E-state index contributed by atoms with van der Waals surface area (Å²) in [4.78, 5) is 28.9. The molecule has 2 N–H and O–H groups in total. The van der Waals surface area contributed by atoms with Gasteiger partial charge in [-0.25, -0.2) is 9.67 Å². The normalized spacial score (nSPS) is 11.3. The number of aromatic nitrogens is 3. The number of amides is 2. The molecule has 7 nitrogen and oxygen atoms in total. The van der Waals surface area contributed by atoms with Gasteiger partial charge in [0, 0.05) is 22.8 Å². The molecule has 0 spiro atoms. The molecule has 4 aromatic rings. The topological polar surface area (TPSA) is 88.9 Å². The Kier molecular flexibility index (Phi) is 5.97. The molecule has 2 heterocycles. The van der Waals surface area contributed by atoms with E-state index in [9.17, 15) is 22.8 Å². The summed E-state index contributed by atoms with van der Waals surface area (Å²) in [5.74, 6) is -0.813. The first kappa shape index (κ1) is 22.2. The minimum absolute atomic E-state index is 0.192. The van der Waals surface area contributed by atoms with E-state index >= 15 is 0 Å². The Morgan fingerprint density at radius 1 is 1.03 bits per heavy atom. The number of anilines is 2. The molecule has 0 aliphatic carbocycles. The number of carbonyl (C=O) groups excluding carboxylic acids is 2. The number of nitrogens with zero attached hydrogens (tertiary/aromatic N) is 3. The van der Waals surface area contributed by atoms with Gasteiger partial charge in [0.25, 0.3) is 11.8 Å². The van der Waals surface area contributed by atoms with Gasteiger partial charge in [0.2, 0.25) is 0 Å². The fourth-order valence-electron chi connectivity index (χ4n) is 3.06. The Labute approximate surface area is 189 Å². The zero-order chi connectivity index (χ0) is 23.6. The maximum absolute atomic E-state index is 13.0. The van der Waals surface area contributed by atoms with Crippen molar-refractivity contribution >= 4 is 34.0 Å². The molecule has 0 saturated carbocycles. The van der Waals surface area contributed by atoms with E-state index in [4.69, 9.17) is 0 Å². The molecule has 0 radical (unpaired) electrons. The fraction of sp³-hybridized carbons (Fsp3) is 0.0909. The predicted molar refractivity (Wildman–Crippen MR) is 118 cm³/mol. The number of thiazole rings is 1. The van der Waals surface area contributed by atoms with Crippen molar-refractivity contribution < 1.29 is 22.8 Å². The highest BCUT2D eigenvalue weighted by Gasteiger charge is 2.30. The highest BCUT2D eigenvalue weighted by Crippen LogP contribution is 2.30. The summed E-state index contributed by atoms with van der Waals surface area (Å²) in [6.45, 7) is 1.59. The quantitative estimate of drug-likeness (QED) is 0.421. The molecule has 2 aromatic carbocycles. The summed E-state index contributed by atoms with van der Waals surface area (Å²) in [6, 6.07) is 10.9. The maximum atomic E-state index is 13.0. The number of hydrogen-bond acceptors (Lipinski definition) is 5. The van der Waals surface area contributed by atoms with Gasteiger partial charge < -0.3 is 5.32 Å². The third-order valence-corrected chi connectivity index (χ3v) is 5.42. The summed E-state index contributed by atoms with van der Waals surface area (Å²) in [7, 11) is 0. The lowest BCUT2D eigenvalue weighted by molar-refractivity contribution is -0.137. The summed E-state index contributed by atoms with van der Waals surface area (Å²) in [5, 5.41) is 11.7. The van der Waals surface area contributed by atoms with Gasteiger partial charge in [0.15, 0.2) is 5.13 Å². The van der Waals surface area contributed by atoms with Crippen molar-refractivity contribution in [3.05, 3.63) is 88.7 Å². The number of rotatable bonds is 5. The molecule has 0 bridgehead atoms. The van der Waals surface area contributed by atoms with Crippen LogP contribution in [0.25, 0.3) is 5.69 Å². The largest absolute Gasteiger partial charge is 0.416 e. The van der Waals surface area contributed by atoms with E-state index in [1.165, 1.54) is 34.3 Å². The second-order valence-corrected chi connectivity index (χ2v) is 7.82. The van der Waals surface area contributed by atoms with Gasteiger partial charge in [0.1, 0.15) is 0 Å². The molecular formula is C22H16F3N5O2S. The molecule has 4 rings (SSSR count). The second kappa shape index (κ2) is 8.87. The molecule has 168 valence electrons. The van der Waals surface area contributed by atoms with Crippen molar-refractivity contribution in [2.45, 2.75) is 13.1 Å². The molecule has 0 aliphatic rings. The highest BCUT2D eigenvalue weighted by atomic mass is 32.1. The monoisotopic (exact) mass is 471 g/mol. The van der Waals surface area contributed by atoms with Gasteiger partial charge >= 0.3 is 6.18 Å². The Balaban J connectivity index is 1.47. The van der Waals surface area contributed by atoms with Gasteiger partial charge in [-0.05, 0) is 49.4 Å². The van der Waals surface area contributed by atoms with Crippen molar-refractivity contribution in [1.29, 1.82) is 0 Å². The van der Waals surface area contributed by atoms with E-state index in [1.807, 2.05) is 0 Å². The Bertz CT molecular complexity index is 1300. The molecule has 0 unspecified atom stereocenters. The predicted octanol–water partition coefficient (Wildman–Crippen LogP) is 5.16. The second-order valence-electron chi connectivity index (χ2n) is 6.93. The smallest absolute Gasteiger partial charge is 0.322 e. The van der Waals surface area contributed by atoms with E-state index in [1.54, 1.807) is 42.8 Å². The van der Waals surface area contributed by atoms with E-state index in [-0.39, 0.29) is 17.2 Å². The molecule has 0 atom stereocenters. The van der Waals surface area contributed by atoms with E-state index in [0.29, 0.717) is 22.1 Å². The first-order valence-electron chi connectivity index (χ1n) is 9.57. The van der Waals surface area contributed by atoms with Crippen LogP contribution in [0, 0.1) is 6.92 Å². The number of benzene rings is 2. The van der Waals surface area contributed by atoms with Crippen molar-refractivity contribution in [3.8, 4) is 5.69 Å². The average Bonchev–Trinajstić information content (AvgIpc) is 3.43. The lowest BCUT2D eigenvalue weighted by atomic mass is 10.1. The van der Waals surface area contributed by atoms with Crippen LogP contribution in [-0.2, 0) is 6.18 Å². The average molecular weight is 471 g/mol. The Hall–Kier alpha value is -3.99. The number of alkyl halides is 3.